The number of nitrogens with zero attached hydrogens (tertiary/aromatic N) is 2. The maximum atomic E-state index is 5.88. The first-order valence-electron chi connectivity index (χ1n) is 10.2. The summed E-state index contributed by atoms with van der Waals surface area (Å²) in [5, 5.41) is 3.19. The second kappa shape index (κ2) is 16.6. The van der Waals surface area contributed by atoms with E-state index in [9.17, 15) is 0 Å². The molecule has 1 aliphatic heterocycles. The van der Waals surface area contributed by atoms with E-state index in [0.717, 1.165) is 72.0 Å². The molecule has 0 aromatic rings. The van der Waals surface area contributed by atoms with Crippen LogP contribution >= 0.6 is 0 Å². The second-order valence-electron chi connectivity index (χ2n) is 6.73. The minimum Gasteiger partial charge on any atom is -0.381 e. The quantitative estimate of drug-likeness (QED) is 0.268. The standard InChI is InChI=1S/C19H40N4O2/c1-2-3-4-5-6-7-15-24-16-9-11-22-19(20)21-10-8-12-23-13-17-25-18-14-23/h2-18H2,1H3,(H3,20,21,22). The molecule has 3 N–H and O–H groups in total. The molecule has 0 aromatic carbocycles. The Hall–Kier alpha value is -0.850. The molecule has 0 amide bonds. The smallest absolute Gasteiger partial charge is 0.188 e. The lowest BCUT2D eigenvalue weighted by molar-refractivity contribution is 0.0376. The summed E-state index contributed by atoms with van der Waals surface area (Å²) >= 11 is 0. The van der Waals surface area contributed by atoms with Gasteiger partial charge in [0.1, 0.15) is 0 Å². The van der Waals surface area contributed by atoms with Crippen LogP contribution in [0.15, 0.2) is 4.99 Å². The average molecular weight is 357 g/mol. The van der Waals surface area contributed by atoms with E-state index in [4.69, 9.17) is 15.2 Å². The average Bonchev–Trinajstić information content (AvgIpc) is 2.64. The molecular formula is C19H40N4O2. The van der Waals surface area contributed by atoms with Crippen molar-refractivity contribution < 1.29 is 9.47 Å². The zero-order valence-electron chi connectivity index (χ0n) is 16.3. The zero-order valence-corrected chi connectivity index (χ0v) is 16.3. The number of morpholine rings is 1. The molecule has 0 aromatic heterocycles. The van der Waals surface area contributed by atoms with Crippen molar-refractivity contribution in [2.45, 2.75) is 58.3 Å². The highest BCUT2D eigenvalue weighted by Gasteiger charge is 2.08. The topological polar surface area (TPSA) is 72.1 Å². The summed E-state index contributed by atoms with van der Waals surface area (Å²) in [6.07, 6.45) is 9.87. The number of ether oxygens (including phenoxy) is 2. The summed E-state index contributed by atoms with van der Waals surface area (Å²) in [5.74, 6) is 0.554. The first kappa shape index (κ1) is 22.2. The molecule has 0 radical (unpaired) electrons. The third-order valence-corrected chi connectivity index (χ3v) is 4.43. The Kier molecular flexibility index (Phi) is 14.7. The molecule has 1 aliphatic rings. The zero-order chi connectivity index (χ0) is 18.0. The predicted molar refractivity (Wildman–Crippen MR) is 105 cm³/mol. The molecular weight excluding hydrogens is 316 g/mol. The van der Waals surface area contributed by atoms with E-state index >= 15 is 0 Å². The Morgan fingerprint density at radius 3 is 2.56 bits per heavy atom. The Bertz CT molecular complexity index is 321. The molecule has 1 rings (SSSR count). The van der Waals surface area contributed by atoms with Crippen molar-refractivity contribution in [2.75, 3.05) is 59.2 Å². The normalized spacial score (nSPS) is 16.3. The van der Waals surface area contributed by atoms with Crippen LogP contribution in [0.5, 0.6) is 0 Å². The minimum absolute atomic E-state index is 0.554. The summed E-state index contributed by atoms with van der Waals surface area (Å²) in [5.41, 5.74) is 5.88. The molecule has 6 heteroatoms. The molecule has 0 atom stereocenters. The number of rotatable bonds is 15. The first-order valence-corrected chi connectivity index (χ1v) is 10.2. The first-order chi connectivity index (χ1) is 12.3. The summed E-state index contributed by atoms with van der Waals surface area (Å²) in [6, 6.07) is 0. The van der Waals surface area contributed by atoms with E-state index < -0.39 is 0 Å². The summed E-state index contributed by atoms with van der Waals surface area (Å²) in [7, 11) is 0. The van der Waals surface area contributed by atoms with Crippen LogP contribution in [0.4, 0.5) is 0 Å². The largest absolute Gasteiger partial charge is 0.381 e. The molecule has 0 saturated carbocycles. The fourth-order valence-electron chi connectivity index (χ4n) is 2.85. The van der Waals surface area contributed by atoms with Crippen molar-refractivity contribution >= 4 is 5.96 Å². The van der Waals surface area contributed by atoms with Gasteiger partial charge in [-0.05, 0) is 25.8 Å². The van der Waals surface area contributed by atoms with Crippen LogP contribution in [0.25, 0.3) is 0 Å². The lowest BCUT2D eigenvalue weighted by Gasteiger charge is -2.26. The van der Waals surface area contributed by atoms with E-state index in [0.29, 0.717) is 5.96 Å². The van der Waals surface area contributed by atoms with Crippen LogP contribution < -0.4 is 11.1 Å². The van der Waals surface area contributed by atoms with Gasteiger partial charge >= 0.3 is 0 Å². The Morgan fingerprint density at radius 1 is 1.04 bits per heavy atom. The van der Waals surface area contributed by atoms with E-state index in [1.165, 1.54) is 38.5 Å². The lowest BCUT2D eigenvalue weighted by Crippen LogP contribution is -2.39. The third kappa shape index (κ3) is 14.0. The fourth-order valence-corrected chi connectivity index (χ4v) is 2.85. The number of nitrogens with two attached hydrogens (primary N) is 1. The summed E-state index contributed by atoms with van der Waals surface area (Å²) in [6.45, 7) is 10.4. The van der Waals surface area contributed by atoms with E-state index in [1.54, 1.807) is 0 Å². The van der Waals surface area contributed by atoms with Gasteiger partial charge in [-0.25, -0.2) is 0 Å². The molecule has 6 nitrogen and oxygen atoms in total. The number of guanidine groups is 1. The lowest BCUT2D eigenvalue weighted by atomic mass is 10.1. The van der Waals surface area contributed by atoms with Gasteiger partial charge < -0.3 is 20.5 Å². The molecule has 1 heterocycles. The number of aliphatic imine (C=N–C) groups is 1. The van der Waals surface area contributed by atoms with Crippen LogP contribution in [-0.4, -0.2) is 70.0 Å². The molecule has 0 aliphatic carbocycles. The van der Waals surface area contributed by atoms with Crippen LogP contribution in [-0.2, 0) is 9.47 Å². The van der Waals surface area contributed by atoms with Gasteiger partial charge in [0.15, 0.2) is 5.96 Å². The van der Waals surface area contributed by atoms with Gasteiger partial charge in [-0.2, -0.15) is 0 Å². The number of hydrogen-bond donors (Lipinski definition) is 2. The predicted octanol–water partition coefficient (Wildman–Crippen LogP) is 2.38. The number of hydrogen-bond acceptors (Lipinski definition) is 4. The Morgan fingerprint density at radius 2 is 1.76 bits per heavy atom. The molecule has 148 valence electrons. The van der Waals surface area contributed by atoms with Gasteiger partial charge in [-0.1, -0.05) is 39.0 Å². The molecule has 0 spiro atoms. The van der Waals surface area contributed by atoms with Crippen molar-refractivity contribution in [3.63, 3.8) is 0 Å². The minimum atomic E-state index is 0.554. The SMILES string of the molecule is CCCCCCCCOCCCN=C(N)NCCCN1CCOCC1. The van der Waals surface area contributed by atoms with Gasteiger partial charge in [0.05, 0.1) is 13.2 Å². The van der Waals surface area contributed by atoms with Crippen LogP contribution in [0.3, 0.4) is 0 Å². The summed E-state index contributed by atoms with van der Waals surface area (Å²) < 4.78 is 11.0. The fraction of sp³-hybridized carbons (Fsp3) is 0.947. The summed E-state index contributed by atoms with van der Waals surface area (Å²) in [4.78, 5) is 6.78. The van der Waals surface area contributed by atoms with E-state index in [-0.39, 0.29) is 0 Å². The van der Waals surface area contributed by atoms with Crippen molar-refractivity contribution in [2.24, 2.45) is 10.7 Å². The van der Waals surface area contributed by atoms with Gasteiger partial charge in [0.2, 0.25) is 0 Å². The number of unbranched alkanes of at least 4 members (excludes halogenated alkanes) is 5. The molecule has 1 fully saturated rings. The highest BCUT2D eigenvalue weighted by atomic mass is 16.5. The monoisotopic (exact) mass is 356 g/mol. The van der Waals surface area contributed by atoms with Crippen molar-refractivity contribution in [3.05, 3.63) is 0 Å². The van der Waals surface area contributed by atoms with E-state index in [1.807, 2.05) is 0 Å². The molecule has 1 saturated heterocycles. The van der Waals surface area contributed by atoms with Crippen molar-refractivity contribution in [1.29, 1.82) is 0 Å². The molecule has 0 bridgehead atoms. The van der Waals surface area contributed by atoms with Gasteiger partial charge in [0, 0.05) is 39.4 Å². The van der Waals surface area contributed by atoms with Crippen LogP contribution in [0, 0.1) is 0 Å². The van der Waals surface area contributed by atoms with Gasteiger partial charge in [-0.3, -0.25) is 9.89 Å². The van der Waals surface area contributed by atoms with Gasteiger partial charge in [-0.15, -0.1) is 0 Å². The van der Waals surface area contributed by atoms with E-state index in [2.05, 4.69) is 22.1 Å². The van der Waals surface area contributed by atoms with Crippen molar-refractivity contribution in [1.82, 2.24) is 10.2 Å². The maximum Gasteiger partial charge on any atom is 0.188 e. The van der Waals surface area contributed by atoms with Crippen molar-refractivity contribution in [3.8, 4) is 0 Å². The molecule has 0 unspecified atom stereocenters. The Balaban J connectivity index is 1.82. The van der Waals surface area contributed by atoms with Crippen LogP contribution in [0.2, 0.25) is 0 Å². The highest BCUT2D eigenvalue weighted by molar-refractivity contribution is 5.77. The second-order valence-corrected chi connectivity index (χ2v) is 6.73. The Labute approximate surface area is 154 Å². The maximum absolute atomic E-state index is 5.88. The third-order valence-electron chi connectivity index (χ3n) is 4.43. The number of nitrogens with one attached hydrogen (secondary N) is 1. The van der Waals surface area contributed by atoms with Gasteiger partial charge in [0.25, 0.3) is 0 Å². The van der Waals surface area contributed by atoms with Crippen LogP contribution in [0.1, 0.15) is 58.3 Å². The highest BCUT2D eigenvalue weighted by Crippen LogP contribution is 2.04. The molecule has 25 heavy (non-hydrogen) atoms.